The number of hydrogen-bond acceptors (Lipinski definition) is 1. The van der Waals surface area contributed by atoms with Gasteiger partial charge in [0.25, 0.3) is 0 Å². The van der Waals surface area contributed by atoms with Crippen molar-refractivity contribution < 1.29 is 4.39 Å². The minimum absolute atomic E-state index is 0.249. The van der Waals surface area contributed by atoms with Gasteiger partial charge in [0.05, 0.1) is 5.69 Å². The van der Waals surface area contributed by atoms with Crippen LogP contribution in [-0.2, 0) is 6.42 Å². The van der Waals surface area contributed by atoms with Crippen LogP contribution >= 0.6 is 0 Å². The molecule has 0 aliphatic heterocycles. The largest absolute Gasteiger partial charge is 0.396 e. The zero-order chi connectivity index (χ0) is 11.3. The average Bonchev–Trinajstić information content (AvgIpc) is 2.19. The van der Waals surface area contributed by atoms with E-state index >= 15 is 0 Å². The molecule has 2 N–H and O–H groups in total. The van der Waals surface area contributed by atoms with E-state index in [1.165, 1.54) is 0 Å². The van der Waals surface area contributed by atoms with Gasteiger partial charge in [-0.05, 0) is 43.0 Å². The number of hydrogen-bond donors (Lipinski definition) is 1. The molecule has 1 rings (SSSR count). The zero-order valence-electron chi connectivity index (χ0n) is 9.74. The Morgan fingerprint density at radius 3 is 2.21 bits per heavy atom. The van der Waals surface area contributed by atoms with Crippen LogP contribution in [-0.4, -0.2) is 0 Å². The summed E-state index contributed by atoms with van der Waals surface area (Å²) in [6.45, 7) is 9.81. The number of rotatable bonds is 1. The molecule has 0 bridgehead atoms. The summed E-state index contributed by atoms with van der Waals surface area (Å²) in [5.74, 6) is -0.249. The molecule has 0 saturated carbocycles. The lowest BCUT2D eigenvalue weighted by atomic mass is 10.00. The third kappa shape index (κ3) is 2.47. The Hall–Kier alpha value is -1.05. The quantitative estimate of drug-likeness (QED) is 0.684. The topological polar surface area (TPSA) is 26.0 Å². The van der Waals surface area contributed by atoms with Crippen LogP contribution in [0.5, 0.6) is 0 Å². The minimum Gasteiger partial charge on any atom is -0.396 e. The number of benzene rings is 1. The van der Waals surface area contributed by atoms with Gasteiger partial charge >= 0.3 is 0 Å². The third-order valence-electron chi connectivity index (χ3n) is 2.29. The summed E-state index contributed by atoms with van der Waals surface area (Å²) in [5, 5.41) is 0. The van der Waals surface area contributed by atoms with Crippen molar-refractivity contribution in [1.82, 2.24) is 0 Å². The van der Waals surface area contributed by atoms with Crippen molar-refractivity contribution in [2.75, 3.05) is 5.73 Å². The summed E-state index contributed by atoms with van der Waals surface area (Å²) in [4.78, 5) is 0. The van der Waals surface area contributed by atoms with Gasteiger partial charge in [-0.2, -0.15) is 0 Å². The van der Waals surface area contributed by atoms with E-state index in [4.69, 9.17) is 5.73 Å². The summed E-state index contributed by atoms with van der Waals surface area (Å²) >= 11 is 0. The standard InChI is InChI=1S/C10H14FN.C2H6/c1-4-8-7(3)6(2)5-9(12)10(8)11;1-2/h5H,4,12H2,1-3H3;1-2H3. The van der Waals surface area contributed by atoms with Crippen LogP contribution in [0.1, 0.15) is 37.5 Å². The predicted molar refractivity (Wildman–Crippen MR) is 61.0 cm³/mol. The van der Waals surface area contributed by atoms with Crippen LogP contribution in [0.4, 0.5) is 10.1 Å². The van der Waals surface area contributed by atoms with E-state index in [2.05, 4.69) is 0 Å². The summed E-state index contributed by atoms with van der Waals surface area (Å²) in [7, 11) is 0. The lowest BCUT2D eigenvalue weighted by molar-refractivity contribution is 0.614. The highest BCUT2D eigenvalue weighted by atomic mass is 19.1. The molecule has 0 saturated heterocycles. The second-order valence-electron chi connectivity index (χ2n) is 3.05. The molecule has 1 nitrogen and oxygen atoms in total. The Balaban J connectivity index is 0.000000791. The SMILES string of the molecule is CC.CCc1c(C)c(C)cc(N)c1F. The van der Waals surface area contributed by atoms with E-state index in [1.54, 1.807) is 6.07 Å². The van der Waals surface area contributed by atoms with Gasteiger partial charge in [-0.1, -0.05) is 20.8 Å². The van der Waals surface area contributed by atoms with Gasteiger partial charge < -0.3 is 5.73 Å². The Kier molecular flexibility index (Phi) is 5.21. The summed E-state index contributed by atoms with van der Waals surface area (Å²) in [6.07, 6.45) is 0.698. The highest BCUT2D eigenvalue weighted by molar-refractivity contribution is 5.50. The summed E-state index contributed by atoms with van der Waals surface area (Å²) in [5.41, 5.74) is 8.57. The fraction of sp³-hybridized carbons (Fsp3) is 0.500. The summed E-state index contributed by atoms with van der Waals surface area (Å²) < 4.78 is 13.3. The van der Waals surface area contributed by atoms with Crippen molar-refractivity contribution in [3.05, 3.63) is 28.6 Å². The van der Waals surface area contributed by atoms with Crippen molar-refractivity contribution in [2.45, 2.75) is 41.0 Å². The highest BCUT2D eigenvalue weighted by Crippen LogP contribution is 2.22. The maximum Gasteiger partial charge on any atom is 0.149 e. The van der Waals surface area contributed by atoms with E-state index in [-0.39, 0.29) is 11.5 Å². The number of nitrogen functional groups attached to an aromatic ring is 1. The minimum atomic E-state index is -0.249. The van der Waals surface area contributed by atoms with Crippen molar-refractivity contribution >= 4 is 5.69 Å². The van der Waals surface area contributed by atoms with Crippen LogP contribution < -0.4 is 5.73 Å². The van der Waals surface area contributed by atoms with Gasteiger partial charge in [-0.15, -0.1) is 0 Å². The first-order chi connectivity index (χ1) is 6.57. The number of nitrogens with two attached hydrogens (primary N) is 1. The molecule has 80 valence electrons. The molecule has 14 heavy (non-hydrogen) atoms. The molecule has 0 amide bonds. The highest BCUT2D eigenvalue weighted by Gasteiger charge is 2.09. The zero-order valence-corrected chi connectivity index (χ0v) is 9.74. The first-order valence-electron chi connectivity index (χ1n) is 5.12. The van der Waals surface area contributed by atoms with E-state index < -0.39 is 0 Å². The van der Waals surface area contributed by atoms with Gasteiger partial charge in [0.2, 0.25) is 0 Å². The normalized spacial score (nSPS) is 9.29. The number of halogens is 1. The van der Waals surface area contributed by atoms with Crippen LogP contribution in [0.15, 0.2) is 6.07 Å². The van der Waals surface area contributed by atoms with E-state index in [1.807, 2.05) is 34.6 Å². The van der Waals surface area contributed by atoms with Crippen molar-refractivity contribution in [1.29, 1.82) is 0 Å². The Bertz CT molecular complexity index is 279. The molecule has 0 radical (unpaired) electrons. The van der Waals surface area contributed by atoms with Crippen LogP contribution in [0, 0.1) is 19.7 Å². The van der Waals surface area contributed by atoms with Crippen molar-refractivity contribution in [3.8, 4) is 0 Å². The first-order valence-corrected chi connectivity index (χ1v) is 5.12. The van der Waals surface area contributed by atoms with Gasteiger partial charge in [-0.3, -0.25) is 0 Å². The molecule has 0 fully saturated rings. The maximum absolute atomic E-state index is 13.3. The molecule has 0 unspecified atom stereocenters. The second-order valence-corrected chi connectivity index (χ2v) is 3.05. The molecule has 0 heterocycles. The fourth-order valence-electron chi connectivity index (χ4n) is 1.40. The third-order valence-corrected chi connectivity index (χ3v) is 2.29. The van der Waals surface area contributed by atoms with Crippen LogP contribution in [0.2, 0.25) is 0 Å². The van der Waals surface area contributed by atoms with Crippen LogP contribution in [0.3, 0.4) is 0 Å². The maximum atomic E-state index is 13.3. The van der Waals surface area contributed by atoms with Gasteiger partial charge in [-0.25, -0.2) is 4.39 Å². The predicted octanol–water partition coefficient (Wildman–Crippen LogP) is 3.61. The van der Waals surface area contributed by atoms with Crippen LogP contribution in [0.25, 0.3) is 0 Å². The fourth-order valence-corrected chi connectivity index (χ4v) is 1.40. The molecule has 0 aliphatic rings. The molecular formula is C12H20FN. The van der Waals surface area contributed by atoms with E-state index in [0.717, 1.165) is 16.7 Å². The van der Waals surface area contributed by atoms with Gasteiger partial charge in [0, 0.05) is 0 Å². The number of anilines is 1. The monoisotopic (exact) mass is 197 g/mol. The first kappa shape index (κ1) is 12.9. The Morgan fingerprint density at radius 2 is 1.79 bits per heavy atom. The Labute approximate surface area is 86.1 Å². The molecule has 1 aromatic carbocycles. The van der Waals surface area contributed by atoms with Crippen molar-refractivity contribution in [3.63, 3.8) is 0 Å². The second kappa shape index (κ2) is 5.63. The molecular weight excluding hydrogens is 177 g/mol. The smallest absolute Gasteiger partial charge is 0.149 e. The van der Waals surface area contributed by atoms with Crippen molar-refractivity contribution in [2.24, 2.45) is 0 Å². The molecule has 1 aromatic rings. The molecule has 0 atom stereocenters. The lowest BCUT2D eigenvalue weighted by Gasteiger charge is -2.09. The Morgan fingerprint density at radius 1 is 1.29 bits per heavy atom. The van der Waals surface area contributed by atoms with Gasteiger partial charge in [0.15, 0.2) is 0 Å². The van der Waals surface area contributed by atoms with Gasteiger partial charge in [0.1, 0.15) is 5.82 Å². The lowest BCUT2D eigenvalue weighted by Crippen LogP contribution is -2.00. The van der Waals surface area contributed by atoms with E-state index in [0.29, 0.717) is 6.42 Å². The average molecular weight is 197 g/mol. The molecule has 2 heteroatoms. The molecule has 0 aliphatic carbocycles. The summed E-state index contributed by atoms with van der Waals surface area (Å²) in [6, 6.07) is 1.68. The van der Waals surface area contributed by atoms with E-state index in [9.17, 15) is 4.39 Å². The molecule has 0 aromatic heterocycles. The molecule has 0 spiro atoms. The number of aryl methyl sites for hydroxylation is 1.